The van der Waals surface area contributed by atoms with Crippen LogP contribution in [0.15, 0.2) is 53.6 Å². The zero-order valence-corrected chi connectivity index (χ0v) is 12.2. The van der Waals surface area contributed by atoms with E-state index in [0.717, 1.165) is 37.2 Å². The fourth-order valence-corrected chi connectivity index (χ4v) is 2.45. The molecule has 0 saturated carbocycles. The molecule has 6 nitrogen and oxygen atoms in total. The number of H-pyrrole nitrogens is 2. The van der Waals surface area contributed by atoms with E-state index in [1.165, 1.54) is 5.69 Å². The molecule has 0 radical (unpaired) electrons. The largest absolute Gasteiger partial charge is 0.369 e. The van der Waals surface area contributed by atoms with E-state index in [1.54, 1.807) is 0 Å². The normalized spacial score (nSPS) is 14.5. The lowest BCUT2D eigenvalue weighted by molar-refractivity contribution is 0.589. The number of benzene rings is 1. The van der Waals surface area contributed by atoms with Crippen molar-refractivity contribution in [2.75, 3.05) is 31.1 Å². The predicted octanol–water partition coefficient (Wildman–Crippen LogP) is 1.35. The number of nitrogens with zero attached hydrogens (tertiary/aromatic N) is 2. The van der Waals surface area contributed by atoms with Crippen molar-refractivity contribution in [3.05, 3.63) is 59.3 Å². The first-order chi connectivity index (χ1) is 10.8. The van der Waals surface area contributed by atoms with Crippen LogP contribution in [-0.4, -0.2) is 41.1 Å². The number of hydrogen-bond acceptors (Lipinski definition) is 4. The lowest BCUT2D eigenvalue weighted by Crippen LogP contribution is -2.43. The maximum atomic E-state index is 10.7. The molecule has 1 saturated heterocycles. The average Bonchev–Trinajstić information content (AvgIpc) is 2.97. The number of rotatable bonds is 1. The summed E-state index contributed by atoms with van der Waals surface area (Å²) in [5.74, 6) is 0. The Morgan fingerprint density at radius 1 is 0.909 bits per heavy atom. The van der Waals surface area contributed by atoms with Crippen LogP contribution in [-0.2, 0) is 0 Å². The number of anilines is 1. The Balaban J connectivity index is 0.000000133. The quantitative estimate of drug-likeness (QED) is 0.633. The van der Waals surface area contributed by atoms with E-state index >= 15 is 0 Å². The van der Waals surface area contributed by atoms with Crippen molar-refractivity contribution >= 4 is 16.7 Å². The molecule has 22 heavy (non-hydrogen) atoms. The number of piperazine rings is 1. The van der Waals surface area contributed by atoms with Crippen molar-refractivity contribution < 1.29 is 0 Å². The lowest BCUT2D eigenvalue weighted by Gasteiger charge is -2.29. The lowest BCUT2D eigenvalue weighted by atomic mass is 10.3. The van der Waals surface area contributed by atoms with Gasteiger partial charge in [0, 0.05) is 44.3 Å². The van der Waals surface area contributed by atoms with Gasteiger partial charge < -0.3 is 20.2 Å². The smallest absolute Gasteiger partial charge is 0.323 e. The molecule has 0 atom stereocenters. The molecule has 114 valence electrons. The van der Waals surface area contributed by atoms with Gasteiger partial charge in [-0.1, -0.05) is 12.1 Å². The molecule has 6 heteroatoms. The Labute approximate surface area is 128 Å². The third kappa shape index (κ3) is 3.53. The maximum absolute atomic E-state index is 10.7. The van der Waals surface area contributed by atoms with Crippen LogP contribution in [0.4, 0.5) is 5.69 Å². The Morgan fingerprint density at radius 3 is 2.09 bits per heavy atom. The van der Waals surface area contributed by atoms with Crippen LogP contribution in [0.3, 0.4) is 0 Å². The molecular formula is C16H19N5O. The third-order valence-electron chi connectivity index (χ3n) is 3.57. The highest BCUT2D eigenvalue weighted by molar-refractivity contribution is 5.73. The first-order valence-electron chi connectivity index (χ1n) is 7.36. The van der Waals surface area contributed by atoms with Crippen LogP contribution in [0.5, 0.6) is 0 Å². The summed E-state index contributed by atoms with van der Waals surface area (Å²) in [6, 6.07) is 11.6. The summed E-state index contributed by atoms with van der Waals surface area (Å²) >= 11 is 0. The van der Waals surface area contributed by atoms with Gasteiger partial charge in [0.25, 0.3) is 0 Å². The van der Waals surface area contributed by atoms with Gasteiger partial charge in [-0.05, 0) is 24.3 Å². The number of aromatic nitrogens is 3. The fraction of sp³-hybridized carbons (Fsp3) is 0.250. The number of para-hydroxylation sites is 2. The minimum absolute atomic E-state index is 0.152. The standard InChI is InChI=1S/C9H13N3.C7H6N2O/c1-3-10-4-2-9(1)12-7-5-11-6-8-12;10-7-8-5-3-1-2-4-6(5)9-7/h1-4,11H,5-8H2;1-4H,(H2,8,9,10). The molecule has 2 aromatic heterocycles. The van der Waals surface area contributed by atoms with Crippen LogP contribution in [0.2, 0.25) is 0 Å². The monoisotopic (exact) mass is 297 g/mol. The van der Waals surface area contributed by atoms with Crippen molar-refractivity contribution in [2.45, 2.75) is 0 Å². The Kier molecular flexibility index (Phi) is 4.50. The maximum Gasteiger partial charge on any atom is 0.323 e. The second kappa shape index (κ2) is 6.91. The predicted molar refractivity (Wildman–Crippen MR) is 88.2 cm³/mol. The molecule has 0 spiro atoms. The van der Waals surface area contributed by atoms with Gasteiger partial charge in [-0.25, -0.2) is 4.79 Å². The zero-order chi connectivity index (χ0) is 15.2. The van der Waals surface area contributed by atoms with Gasteiger partial charge in [-0.2, -0.15) is 0 Å². The summed E-state index contributed by atoms with van der Waals surface area (Å²) in [7, 11) is 0. The molecule has 1 aliphatic rings. The van der Waals surface area contributed by atoms with Crippen LogP contribution in [0.25, 0.3) is 11.0 Å². The van der Waals surface area contributed by atoms with Gasteiger partial charge in [-0.3, -0.25) is 4.98 Å². The Bertz CT molecular complexity index is 723. The Morgan fingerprint density at radius 2 is 1.50 bits per heavy atom. The van der Waals surface area contributed by atoms with Crippen molar-refractivity contribution in [3.8, 4) is 0 Å². The number of nitrogens with one attached hydrogen (secondary N) is 3. The van der Waals surface area contributed by atoms with Gasteiger partial charge >= 0.3 is 5.69 Å². The highest BCUT2D eigenvalue weighted by Crippen LogP contribution is 2.11. The molecule has 1 fully saturated rings. The minimum atomic E-state index is -0.152. The van der Waals surface area contributed by atoms with Crippen molar-refractivity contribution in [3.63, 3.8) is 0 Å². The van der Waals surface area contributed by atoms with Gasteiger partial charge in [0.1, 0.15) is 0 Å². The summed E-state index contributed by atoms with van der Waals surface area (Å²) in [5.41, 5.74) is 2.84. The SMILES string of the molecule is O=c1[nH]c2ccccc2[nH]1.c1cc(N2CCNCC2)ccn1. The summed E-state index contributed by atoms with van der Waals surface area (Å²) < 4.78 is 0. The number of hydrogen-bond donors (Lipinski definition) is 3. The van der Waals surface area contributed by atoms with E-state index < -0.39 is 0 Å². The molecule has 3 N–H and O–H groups in total. The molecule has 3 heterocycles. The van der Waals surface area contributed by atoms with E-state index in [1.807, 2.05) is 36.7 Å². The van der Waals surface area contributed by atoms with Gasteiger partial charge in [0.05, 0.1) is 11.0 Å². The first kappa shape index (κ1) is 14.3. The van der Waals surface area contributed by atoms with E-state index in [4.69, 9.17) is 0 Å². The van der Waals surface area contributed by atoms with Crippen molar-refractivity contribution in [2.24, 2.45) is 0 Å². The van der Waals surface area contributed by atoms with Gasteiger partial charge in [-0.15, -0.1) is 0 Å². The van der Waals surface area contributed by atoms with Gasteiger partial charge in [0.15, 0.2) is 0 Å². The number of imidazole rings is 1. The molecule has 3 aromatic rings. The number of aromatic amines is 2. The third-order valence-corrected chi connectivity index (χ3v) is 3.57. The molecule has 0 amide bonds. The minimum Gasteiger partial charge on any atom is -0.369 e. The first-order valence-corrected chi connectivity index (χ1v) is 7.36. The zero-order valence-electron chi connectivity index (χ0n) is 12.2. The highest BCUT2D eigenvalue weighted by Gasteiger charge is 2.08. The van der Waals surface area contributed by atoms with Gasteiger partial charge in [0.2, 0.25) is 0 Å². The molecule has 1 aromatic carbocycles. The fourth-order valence-electron chi connectivity index (χ4n) is 2.45. The molecule has 0 aliphatic carbocycles. The van der Waals surface area contributed by atoms with Crippen molar-refractivity contribution in [1.82, 2.24) is 20.3 Å². The highest BCUT2D eigenvalue weighted by atomic mass is 16.1. The summed E-state index contributed by atoms with van der Waals surface area (Å²) in [4.78, 5) is 22.3. The topological polar surface area (TPSA) is 76.8 Å². The van der Waals surface area contributed by atoms with E-state index in [-0.39, 0.29) is 5.69 Å². The average molecular weight is 297 g/mol. The number of pyridine rings is 1. The van der Waals surface area contributed by atoms with E-state index in [2.05, 4.69) is 37.3 Å². The molecule has 0 unspecified atom stereocenters. The number of fused-ring (bicyclic) bond motifs is 1. The summed E-state index contributed by atoms with van der Waals surface area (Å²) in [6.07, 6.45) is 3.69. The van der Waals surface area contributed by atoms with Crippen LogP contribution in [0, 0.1) is 0 Å². The van der Waals surface area contributed by atoms with E-state index in [0.29, 0.717) is 0 Å². The molecule has 0 bridgehead atoms. The summed E-state index contributed by atoms with van der Waals surface area (Å²) in [6.45, 7) is 4.37. The van der Waals surface area contributed by atoms with Crippen LogP contribution in [0.1, 0.15) is 0 Å². The second-order valence-corrected chi connectivity index (χ2v) is 5.07. The van der Waals surface area contributed by atoms with Crippen LogP contribution >= 0.6 is 0 Å². The van der Waals surface area contributed by atoms with Crippen LogP contribution < -0.4 is 15.9 Å². The van der Waals surface area contributed by atoms with Crippen molar-refractivity contribution in [1.29, 1.82) is 0 Å². The molecule has 1 aliphatic heterocycles. The Hall–Kier alpha value is -2.60. The second-order valence-electron chi connectivity index (χ2n) is 5.07. The molecular weight excluding hydrogens is 278 g/mol. The van der Waals surface area contributed by atoms with E-state index in [9.17, 15) is 4.79 Å². The molecule has 4 rings (SSSR count). The summed E-state index contributed by atoms with van der Waals surface area (Å²) in [5, 5.41) is 3.33.